The summed E-state index contributed by atoms with van der Waals surface area (Å²) in [5.74, 6) is 0.237. The number of hydrogen-bond acceptors (Lipinski definition) is 4. The van der Waals surface area contributed by atoms with Crippen molar-refractivity contribution in [2.75, 3.05) is 13.2 Å². The monoisotopic (exact) mass is 406 g/mol. The first-order chi connectivity index (χ1) is 14.3. The van der Waals surface area contributed by atoms with Crippen LogP contribution in [0.5, 0.6) is 11.5 Å². The molecule has 30 heavy (non-hydrogen) atoms. The molecule has 0 saturated carbocycles. The minimum Gasteiger partial charge on any atom is -0.484 e. The van der Waals surface area contributed by atoms with Crippen molar-refractivity contribution in [1.29, 1.82) is 0 Å². The van der Waals surface area contributed by atoms with Crippen molar-refractivity contribution in [3.63, 3.8) is 0 Å². The van der Waals surface area contributed by atoms with Crippen molar-refractivity contribution in [3.8, 4) is 11.5 Å². The molecule has 0 aliphatic carbocycles. The van der Waals surface area contributed by atoms with Gasteiger partial charge in [-0.15, -0.1) is 0 Å². The first-order valence-electron chi connectivity index (χ1n) is 9.74. The summed E-state index contributed by atoms with van der Waals surface area (Å²) in [4.78, 5) is 23.8. The summed E-state index contributed by atoms with van der Waals surface area (Å²) in [6.07, 6.45) is 0. The summed E-state index contributed by atoms with van der Waals surface area (Å²) in [5.41, 5.74) is 5.85. The van der Waals surface area contributed by atoms with Gasteiger partial charge < -0.3 is 9.47 Å². The van der Waals surface area contributed by atoms with Crippen LogP contribution in [0, 0.1) is 0 Å². The molecule has 6 nitrogen and oxygen atoms in total. The Labute approximate surface area is 176 Å². The quantitative estimate of drug-likeness (QED) is 0.612. The van der Waals surface area contributed by atoms with Crippen LogP contribution in [0.1, 0.15) is 26.3 Å². The highest BCUT2D eigenvalue weighted by atomic mass is 16.5. The Morgan fingerprint density at radius 1 is 0.733 bits per heavy atom. The molecule has 0 aromatic heterocycles. The third-order valence-electron chi connectivity index (χ3n) is 4.52. The van der Waals surface area contributed by atoms with Gasteiger partial charge in [0.05, 0.1) is 0 Å². The van der Waals surface area contributed by atoms with Gasteiger partial charge in [0.1, 0.15) is 11.5 Å². The molecule has 156 valence electrons. The smallest absolute Gasteiger partial charge is 0.276 e. The van der Waals surface area contributed by atoms with Crippen molar-refractivity contribution >= 4 is 22.6 Å². The summed E-state index contributed by atoms with van der Waals surface area (Å²) in [7, 11) is 0. The molecule has 3 aromatic rings. The SMILES string of the molecule is CC(C)(C)c1ccc(OCC(=O)NNC(=O)COc2ccc3ccccc3c2)cc1. The molecule has 0 atom stereocenters. The molecule has 0 unspecified atom stereocenters. The van der Waals surface area contributed by atoms with E-state index < -0.39 is 11.8 Å². The molecule has 0 aliphatic heterocycles. The average Bonchev–Trinajstić information content (AvgIpc) is 2.74. The summed E-state index contributed by atoms with van der Waals surface area (Å²) >= 11 is 0. The molecule has 0 spiro atoms. The number of fused-ring (bicyclic) bond motifs is 1. The summed E-state index contributed by atoms with van der Waals surface area (Å²) in [6, 6.07) is 21.1. The second kappa shape index (κ2) is 9.31. The molecule has 2 N–H and O–H groups in total. The van der Waals surface area contributed by atoms with E-state index >= 15 is 0 Å². The van der Waals surface area contributed by atoms with E-state index in [0.717, 1.165) is 10.8 Å². The van der Waals surface area contributed by atoms with Gasteiger partial charge in [-0.1, -0.05) is 63.2 Å². The van der Waals surface area contributed by atoms with Crippen LogP contribution in [-0.2, 0) is 15.0 Å². The highest BCUT2D eigenvalue weighted by Gasteiger charge is 2.13. The molecule has 0 saturated heterocycles. The standard InChI is InChI=1S/C24H26N2O4/c1-24(2,3)19-9-12-20(13-10-19)29-15-22(27)25-26-23(28)16-30-21-11-8-17-6-4-5-7-18(17)14-21/h4-14H,15-16H2,1-3H3,(H,25,27)(H,26,28). The minimum atomic E-state index is -0.467. The van der Waals surface area contributed by atoms with Gasteiger partial charge in [-0.25, -0.2) is 0 Å². The molecule has 3 aromatic carbocycles. The zero-order valence-corrected chi connectivity index (χ0v) is 17.4. The predicted molar refractivity (Wildman–Crippen MR) is 116 cm³/mol. The molecular formula is C24H26N2O4. The Hall–Kier alpha value is -3.54. The average molecular weight is 406 g/mol. The lowest BCUT2D eigenvalue weighted by Crippen LogP contribution is -2.45. The first-order valence-corrected chi connectivity index (χ1v) is 9.74. The highest BCUT2D eigenvalue weighted by molar-refractivity contribution is 5.85. The van der Waals surface area contributed by atoms with Crippen LogP contribution in [0.4, 0.5) is 0 Å². The molecule has 6 heteroatoms. The van der Waals surface area contributed by atoms with Crippen molar-refractivity contribution in [3.05, 3.63) is 72.3 Å². The van der Waals surface area contributed by atoms with Gasteiger partial charge in [-0.2, -0.15) is 0 Å². The number of rotatable bonds is 6. The molecule has 3 rings (SSSR count). The van der Waals surface area contributed by atoms with Crippen molar-refractivity contribution in [2.24, 2.45) is 0 Å². The largest absolute Gasteiger partial charge is 0.484 e. The fraction of sp³-hybridized carbons (Fsp3) is 0.250. The number of benzene rings is 3. The molecule has 0 heterocycles. The number of hydrogen-bond donors (Lipinski definition) is 2. The summed E-state index contributed by atoms with van der Waals surface area (Å²) < 4.78 is 10.9. The van der Waals surface area contributed by atoms with Gasteiger partial charge in [-0.05, 0) is 46.0 Å². The fourth-order valence-corrected chi connectivity index (χ4v) is 2.82. The van der Waals surface area contributed by atoms with Crippen LogP contribution in [0.2, 0.25) is 0 Å². The van der Waals surface area contributed by atoms with Gasteiger partial charge in [0, 0.05) is 0 Å². The lowest BCUT2D eigenvalue weighted by Gasteiger charge is -2.19. The predicted octanol–water partition coefficient (Wildman–Crippen LogP) is 3.74. The third-order valence-corrected chi connectivity index (χ3v) is 4.52. The van der Waals surface area contributed by atoms with E-state index in [1.54, 1.807) is 6.07 Å². The van der Waals surface area contributed by atoms with Crippen LogP contribution in [0.25, 0.3) is 10.8 Å². The third kappa shape index (κ3) is 5.98. The van der Waals surface area contributed by atoms with E-state index in [-0.39, 0.29) is 18.6 Å². The lowest BCUT2D eigenvalue weighted by molar-refractivity contribution is -0.131. The Balaban J connectivity index is 1.39. The van der Waals surface area contributed by atoms with Crippen LogP contribution < -0.4 is 20.3 Å². The van der Waals surface area contributed by atoms with Crippen molar-refractivity contribution in [2.45, 2.75) is 26.2 Å². The second-order valence-electron chi connectivity index (χ2n) is 7.96. The van der Waals surface area contributed by atoms with Gasteiger partial charge in [0.15, 0.2) is 13.2 Å². The molecule has 0 aliphatic rings. The van der Waals surface area contributed by atoms with Gasteiger partial charge >= 0.3 is 0 Å². The Bertz CT molecular complexity index is 1020. The number of hydrazine groups is 1. The number of ether oxygens (including phenoxy) is 2. The highest BCUT2D eigenvalue weighted by Crippen LogP contribution is 2.24. The lowest BCUT2D eigenvalue weighted by atomic mass is 9.87. The van der Waals surface area contributed by atoms with Gasteiger partial charge in [-0.3, -0.25) is 20.4 Å². The maximum Gasteiger partial charge on any atom is 0.276 e. The minimum absolute atomic E-state index is 0.0507. The number of carbonyl (C=O) groups is 2. The van der Waals surface area contributed by atoms with Crippen molar-refractivity contribution in [1.82, 2.24) is 10.9 Å². The van der Waals surface area contributed by atoms with E-state index in [2.05, 4.69) is 31.6 Å². The topological polar surface area (TPSA) is 76.7 Å². The number of amides is 2. The van der Waals surface area contributed by atoms with Crippen molar-refractivity contribution < 1.29 is 19.1 Å². The van der Waals surface area contributed by atoms with Crippen LogP contribution in [0.3, 0.4) is 0 Å². The summed E-state index contributed by atoms with van der Waals surface area (Å²) in [5, 5.41) is 2.12. The zero-order chi connectivity index (χ0) is 21.6. The first kappa shape index (κ1) is 21.2. The zero-order valence-electron chi connectivity index (χ0n) is 17.4. The number of carbonyl (C=O) groups excluding carboxylic acids is 2. The Morgan fingerprint density at radius 2 is 1.27 bits per heavy atom. The molecule has 0 bridgehead atoms. The van der Waals surface area contributed by atoms with Gasteiger partial charge in [0.25, 0.3) is 11.8 Å². The molecule has 2 amide bonds. The second-order valence-corrected chi connectivity index (χ2v) is 7.96. The van der Waals surface area contributed by atoms with Gasteiger partial charge in [0.2, 0.25) is 0 Å². The van der Waals surface area contributed by atoms with Crippen LogP contribution >= 0.6 is 0 Å². The fourth-order valence-electron chi connectivity index (χ4n) is 2.82. The van der Waals surface area contributed by atoms with Crippen LogP contribution in [0.15, 0.2) is 66.7 Å². The summed E-state index contributed by atoms with van der Waals surface area (Å²) in [6.45, 7) is 5.96. The van der Waals surface area contributed by atoms with E-state index in [1.165, 1.54) is 5.56 Å². The maximum absolute atomic E-state index is 11.9. The Kier molecular flexibility index (Phi) is 6.57. The van der Waals surface area contributed by atoms with E-state index in [9.17, 15) is 9.59 Å². The maximum atomic E-state index is 11.9. The van der Waals surface area contributed by atoms with Crippen LogP contribution in [-0.4, -0.2) is 25.0 Å². The molecule has 0 radical (unpaired) electrons. The Morgan fingerprint density at radius 3 is 1.87 bits per heavy atom. The van der Waals surface area contributed by atoms with E-state index in [0.29, 0.717) is 11.5 Å². The number of nitrogens with one attached hydrogen (secondary N) is 2. The van der Waals surface area contributed by atoms with E-state index in [1.807, 2.05) is 60.7 Å². The normalized spacial score (nSPS) is 11.0. The molecule has 0 fully saturated rings. The molecular weight excluding hydrogens is 380 g/mol. The van der Waals surface area contributed by atoms with E-state index in [4.69, 9.17) is 9.47 Å².